The van der Waals surface area contributed by atoms with E-state index in [1.165, 1.54) is 11.1 Å². The number of piperidine rings is 1. The van der Waals surface area contributed by atoms with Crippen LogP contribution in [-0.4, -0.2) is 35.7 Å². The molecule has 3 nitrogen and oxygen atoms in total. The third kappa shape index (κ3) is 3.35. The molecule has 2 atom stereocenters. The van der Waals surface area contributed by atoms with Crippen molar-refractivity contribution in [2.75, 3.05) is 19.6 Å². The van der Waals surface area contributed by atoms with Crippen molar-refractivity contribution in [3.63, 3.8) is 0 Å². The normalized spacial score (nSPS) is 21.3. The van der Waals surface area contributed by atoms with Gasteiger partial charge in [-0.05, 0) is 56.8 Å². The lowest BCUT2D eigenvalue weighted by molar-refractivity contribution is 0.0567. The molecular formula is C16H26N2O. The van der Waals surface area contributed by atoms with Gasteiger partial charge in [-0.15, -0.1) is 0 Å². The van der Waals surface area contributed by atoms with Crippen LogP contribution in [0.5, 0.6) is 0 Å². The molecule has 1 aromatic carbocycles. The largest absolute Gasteiger partial charge is 0.393 e. The van der Waals surface area contributed by atoms with Crippen LogP contribution in [0.15, 0.2) is 24.3 Å². The minimum atomic E-state index is -0.183. The van der Waals surface area contributed by atoms with Crippen LogP contribution >= 0.6 is 0 Å². The molecular weight excluding hydrogens is 236 g/mol. The summed E-state index contributed by atoms with van der Waals surface area (Å²) in [6.45, 7) is 6.78. The van der Waals surface area contributed by atoms with Crippen molar-refractivity contribution in [1.82, 2.24) is 4.90 Å². The van der Waals surface area contributed by atoms with Gasteiger partial charge in [0.05, 0.1) is 6.10 Å². The Balaban J connectivity index is 2.06. The highest BCUT2D eigenvalue weighted by molar-refractivity contribution is 5.29. The number of benzene rings is 1. The molecule has 2 unspecified atom stereocenters. The first-order valence-corrected chi connectivity index (χ1v) is 7.31. The van der Waals surface area contributed by atoms with Crippen LogP contribution in [0.4, 0.5) is 0 Å². The monoisotopic (exact) mass is 262 g/mol. The van der Waals surface area contributed by atoms with Gasteiger partial charge < -0.3 is 10.8 Å². The van der Waals surface area contributed by atoms with Crippen LogP contribution < -0.4 is 5.73 Å². The van der Waals surface area contributed by atoms with Gasteiger partial charge in [-0.1, -0.05) is 24.3 Å². The Morgan fingerprint density at radius 3 is 2.47 bits per heavy atom. The molecule has 0 spiro atoms. The first kappa shape index (κ1) is 14.5. The van der Waals surface area contributed by atoms with Gasteiger partial charge in [-0.2, -0.15) is 0 Å². The maximum absolute atomic E-state index is 9.68. The van der Waals surface area contributed by atoms with E-state index in [1.807, 2.05) is 6.92 Å². The average Bonchev–Trinajstić information content (AvgIpc) is 2.42. The van der Waals surface area contributed by atoms with E-state index in [2.05, 4.69) is 36.1 Å². The van der Waals surface area contributed by atoms with Crippen molar-refractivity contribution >= 4 is 0 Å². The quantitative estimate of drug-likeness (QED) is 0.873. The van der Waals surface area contributed by atoms with Crippen LogP contribution in [0.25, 0.3) is 0 Å². The molecule has 2 rings (SSSR count). The van der Waals surface area contributed by atoms with Crippen LogP contribution in [-0.2, 0) is 0 Å². The maximum Gasteiger partial charge on any atom is 0.0541 e. The molecule has 106 valence electrons. The molecule has 1 aliphatic heterocycles. The SMILES string of the molecule is Cc1ccccc1C(CN)N1CCC(C(C)O)CC1. The summed E-state index contributed by atoms with van der Waals surface area (Å²) in [4.78, 5) is 2.47. The van der Waals surface area contributed by atoms with Crippen molar-refractivity contribution in [2.45, 2.75) is 38.8 Å². The summed E-state index contributed by atoms with van der Waals surface area (Å²) >= 11 is 0. The fourth-order valence-electron chi connectivity index (χ4n) is 3.15. The van der Waals surface area contributed by atoms with Crippen LogP contribution in [0, 0.1) is 12.8 Å². The Hall–Kier alpha value is -0.900. The topological polar surface area (TPSA) is 49.5 Å². The van der Waals surface area contributed by atoms with Gasteiger partial charge in [0.15, 0.2) is 0 Å². The highest BCUT2D eigenvalue weighted by Crippen LogP contribution is 2.29. The number of aliphatic hydroxyl groups is 1. The summed E-state index contributed by atoms with van der Waals surface area (Å²) in [5.41, 5.74) is 8.67. The molecule has 0 aromatic heterocycles. The zero-order chi connectivity index (χ0) is 13.8. The summed E-state index contributed by atoms with van der Waals surface area (Å²) < 4.78 is 0. The lowest BCUT2D eigenvalue weighted by atomic mass is 9.90. The van der Waals surface area contributed by atoms with E-state index < -0.39 is 0 Å². The summed E-state index contributed by atoms with van der Waals surface area (Å²) in [5, 5.41) is 9.68. The Bertz CT molecular complexity index is 397. The second-order valence-electron chi connectivity index (χ2n) is 5.72. The van der Waals surface area contributed by atoms with Crippen molar-refractivity contribution in [1.29, 1.82) is 0 Å². The van der Waals surface area contributed by atoms with E-state index >= 15 is 0 Å². The second kappa shape index (κ2) is 6.51. The van der Waals surface area contributed by atoms with Gasteiger partial charge in [0.25, 0.3) is 0 Å². The molecule has 1 fully saturated rings. The number of hydrogen-bond donors (Lipinski definition) is 2. The lowest BCUT2D eigenvalue weighted by Crippen LogP contribution is -2.41. The molecule has 1 aliphatic rings. The average molecular weight is 262 g/mol. The first-order chi connectivity index (χ1) is 9.13. The molecule has 0 bridgehead atoms. The van der Waals surface area contributed by atoms with Crippen LogP contribution in [0.2, 0.25) is 0 Å². The van der Waals surface area contributed by atoms with E-state index in [9.17, 15) is 5.11 Å². The zero-order valence-electron chi connectivity index (χ0n) is 12.0. The number of aryl methyl sites for hydroxylation is 1. The number of hydrogen-bond acceptors (Lipinski definition) is 3. The minimum absolute atomic E-state index is 0.183. The molecule has 0 radical (unpaired) electrons. The van der Waals surface area contributed by atoms with Crippen molar-refractivity contribution < 1.29 is 5.11 Å². The Morgan fingerprint density at radius 1 is 1.32 bits per heavy atom. The molecule has 1 aromatic rings. The highest BCUT2D eigenvalue weighted by atomic mass is 16.3. The predicted molar refractivity (Wildman–Crippen MR) is 79.0 cm³/mol. The van der Waals surface area contributed by atoms with Gasteiger partial charge >= 0.3 is 0 Å². The van der Waals surface area contributed by atoms with Gasteiger partial charge in [0.1, 0.15) is 0 Å². The molecule has 0 amide bonds. The van der Waals surface area contributed by atoms with Crippen molar-refractivity contribution in [2.24, 2.45) is 11.7 Å². The third-order valence-corrected chi connectivity index (χ3v) is 4.47. The summed E-state index contributed by atoms with van der Waals surface area (Å²) in [5.74, 6) is 0.451. The predicted octanol–water partition coefficient (Wildman–Crippen LogP) is 2.09. The smallest absolute Gasteiger partial charge is 0.0541 e. The number of nitrogens with zero attached hydrogens (tertiary/aromatic N) is 1. The number of likely N-dealkylation sites (tertiary alicyclic amines) is 1. The molecule has 0 aliphatic carbocycles. The standard InChI is InChI=1S/C16H26N2O/c1-12-5-3-4-6-15(12)16(11-17)18-9-7-14(8-10-18)13(2)19/h3-6,13-14,16,19H,7-11,17H2,1-2H3. The van der Waals surface area contributed by atoms with Crippen molar-refractivity contribution in [3.8, 4) is 0 Å². The van der Waals surface area contributed by atoms with Gasteiger partial charge in [-0.3, -0.25) is 4.90 Å². The zero-order valence-corrected chi connectivity index (χ0v) is 12.0. The summed E-state index contributed by atoms with van der Waals surface area (Å²) in [6.07, 6.45) is 1.96. The van der Waals surface area contributed by atoms with E-state index in [1.54, 1.807) is 0 Å². The second-order valence-corrected chi connectivity index (χ2v) is 5.72. The number of aliphatic hydroxyl groups excluding tert-OH is 1. The number of rotatable bonds is 4. The molecule has 3 N–H and O–H groups in total. The fraction of sp³-hybridized carbons (Fsp3) is 0.625. The Labute approximate surface area is 116 Å². The van der Waals surface area contributed by atoms with Crippen LogP contribution in [0.1, 0.15) is 36.9 Å². The van der Waals surface area contributed by atoms with E-state index in [0.717, 1.165) is 25.9 Å². The number of nitrogens with two attached hydrogens (primary N) is 1. The molecule has 1 heterocycles. The van der Waals surface area contributed by atoms with E-state index in [4.69, 9.17) is 5.73 Å². The minimum Gasteiger partial charge on any atom is -0.393 e. The maximum atomic E-state index is 9.68. The van der Waals surface area contributed by atoms with E-state index in [0.29, 0.717) is 18.5 Å². The van der Waals surface area contributed by atoms with Gasteiger partial charge in [0, 0.05) is 12.6 Å². The molecule has 1 saturated heterocycles. The third-order valence-electron chi connectivity index (χ3n) is 4.47. The molecule has 19 heavy (non-hydrogen) atoms. The van der Waals surface area contributed by atoms with Crippen molar-refractivity contribution in [3.05, 3.63) is 35.4 Å². The highest BCUT2D eigenvalue weighted by Gasteiger charge is 2.27. The summed E-state index contributed by atoms with van der Waals surface area (Å²) in [6, 6.07) is 8.82. The fourth-order valence-corrected chi connectivity index (χ4v) is 3.15. The molecule has 0 saturated carbocycles. The van der Waals surface area contributed by atoms with E-state index in [-0.39, 0.29) is 6.10 Å². The Morgan fingerprint density at radius 2 is 1.95 bits per heavy atom. The van der Waals surface area contributed by atoms with Gasteiger partial charge in [0.2, 0.25) is 0 Å². The first-order valence-electron chi connectivity index (χ1n) is 7.31. The molecule has 3 heteroatoms. The Kier molecular flexibility index (Phi) is 4.97. The summed E-state index contributed by atoms with van der Waals surface area (Å²) in [7, 11) is 0. The van der Waals surface area contributed by atoms with Gasteiger partial charge in [-0.25, -0.2) is 0 Å². The van der Waals surface area contributed by atoms with Crippen LogP contribution in [0.3, 0.4) is 0 Å². The lowest BCUT2D eigenvalue weighted by Gasteiger charge is -2.38.